The van der Waals surface area contributed by atoms with Crippen LogP contribution in [0.1, 0.15) is 33.6 Å². The zero-order chi connectivity index (χ0) is 21.5. The number of piperidine rings is 1. The van der Waals surface area contributed by atoms with Gasteiger partial charge in [0.1, 0.15) is 17.5 Å². The van der Waals surface area contributed by atoms with Crippen molar-refractivity contribution in [1.29, 1.82) is 0 Å². The van der Waals surface area contributed by atoms with E-state index in [0.29, 0.717) is 38.4 Å². The summed E-state index contributed by atoms with van der Waals surface area (Å²) in [6, 6.07) is 7.96. The van der Waals surface area contributed by atoms with Crippen molar-refractivity contribution in [2.75, 3.05) is 31.7 Å². The van der Waals surface area contributed by atoms with Gasteiger partial charge in [-0.2, -0.15) is 5.10 Å². The van der Waals surface area contributed by atoms with Gasteiger partial charge in [-0.25, -0.2) is 9.78 Å². The minimum Gasteiger partial charge on any atom is -0.444 e. The fourth-order valence-corrected chi connectivity index (χ4v) is 4.22. The van der Waals surface area contributed by atoms with E-state index in [1.807, 2.05) is 52.1 Å². The first-order chi connectivity index (χ1) is 14.2. The van der Waals surface area contributed by atoms with Crippen LogP contribution in [0.15, 0.2) is 30.6 Å². The van der Waals surface area contributed by atoms with Crippen molar-refractivity contribution in [2.45, 2.75) is 44.8 Å². The molecular weight excluding hydrogens is 384 g/mol. The molecule has 0 radical (unpaired) electrons. The van der Waals surface area contributed by atoms with Crippen molar-refractivity contribution in [2.24, 2.45) is 0 Å². The van der Waals surface area contributed by atoms with Gasteiger partial charge in [-0.05, 0) is 57.9 Å². The monoisotopic (exact) mass is 412 g/mol. The predicted molar refractivity (Wildman–Crippen MR) is 112 cm³/mol. The van der Waals surface area contributed by atoms with Gasteiger partial charge in [0.05, 0.1) is 6.67 Å². The lowest BCUT2D eigenvalue weighted by molar-refractivity contribution is -0.132. The van der Waals surface area contributed by atoms with Crippen molar-refractivity contribution >= 4 is 17.7 Å². The van der Waals surface area contributed by atoms with Gasteiger partial charge in [0.2, 0.25) is 5.91 Å². The summed E-state index contributed by atoms with van der Waals surface area (Å²) in [4.78, 5) is 35.4. The lowest BCUT2D eigenvalue weighted by Crippen LogP contribution is -2.57. The smallest absolute Gasteiger partial charge is 0.410 e. The second-order valence-electron chi connectivity index (χ2n) is 8.95. The number of carbonyl (C=O) groups is 2. The van der Waals surface area contributed by atoms with Crippen LogP contribution in [0.4, 0.5) is 10.5 Å². The second kappa shape index (κ2) is 7.30. The molecule has 2 amide bonds. The van der Waals surface area contributed by atoms with Gasteiger partial charge in [-0.1, -0.05) is 0 Å². The molecule has 0 atom stereocenters. The third-order valence-corrected chi connectivity index (χ3v) is 5.72. The number of likely N-dealkylation sites (N-methyl/N-ethyl adjacent to an activating group) is 1. The van der Waals surface area contributed by atoms with Crippen molar-refractivity contribution < 1.29 is 14.3 Å². The highest BCUT2D eigenvalue weighted by atomic mass is 16.6. The van der Waals surface area contributed by atoms with Gasteiger partial charge in [0, 0.05) is 31.4 Å². The lowest BCUT2D eigenvalue weighted by Gasteiger charge is -2.43. The van der Waals surface area contributed by atoms with Crippen LogP contribution in [0, 0.1) is 0 Å². The molecule has 1 spiro atoms. The second-order valence-corrected chi connectivity index (χ2v) is 8.95. The van der Waals surface area contributed by atoms with Crippen molar-refractivity contribution in [3.8, 4) is 11.4 Å². The number of carbonyl (C=O) groups excluding carboxylic acids is 2. The van der Waals surface area contributed by atoms with Crippen LogP contribution >= 0.6 is 0 Å². The summed E-state index contributed by atoms with van der Waals surface area (Å²) >= 11 is 0. The van der Waals surface area contributed by atoms with Gasteiger partial charge >= 0.3 is 6.09 Å². The Morgan fingerprint density at radius 1 is 1.17 bits per heavy atom. The molecule has 9 heteroatoms. The average molecular weight is 412 g/mol. The van der Waals surface area contributed by atoms with E-state index in [9.17, 15) is 9.59 Å². The normalized spacial score (nSPS) is 18.9. The highest BCUT2D eigenvalue weighted by molar-refractivity contribution is 5.93. The predicted octanol–water partition coefficient (Wildman–Crippen LogP) is 2.48. The molecule has 1 aromatic carbocycles. The number of hydrogen-bond acceptors (Lipinski definition) is 6. The maximum atomic E-state index is 13.2. The first-order valence-electron chi connectivity index (χ1n) is 10.2. The zero-order valence-corrected chi connectivity index (χ0v) is 17.9. The van der Waals surface area contributed by atoms with Gasteiger partial charge < -0.3 is 19.4 Å². The van der Waals surface area contributed by atoms with E-state index in [1.54, 1.807) is 9.80 Å². The summed E-state index contributed by atoms with van der Waals surface area (Å²) in [7, 11) is 1.83. The highest BCUT2D eigenvalue weighted by Gasteiger charge is 2.53. The molecule has 2 saturated heterocycles. The molecule has 30 heavy (non-hydrogen) atoms. The number of likely N-dealkylation sites (tertiary alicyclic amines) is 1. The van der Waals surface area contributed by atoms with Crippen LogP contribution in [0.25, 0.3) is 11.4 Å². The van der Waals surface area contributed by atoms with Crippen molar-refractivity contribution in [3.63, 3.8) is 0 Å². The van der Waals surface area contributed by atoms with Crippen molar-refractivity contribution in [1.82, 2.24) is 25.0 Å². The molecule has 4 rings (SSSR count). The third kappa shape index (κ3) is 3.59. The van der Waals surface area contributed by atoms with Crippen LogP contribution in [-0.4, -0.2) is 74.9 Å². The molecule has 2 aromatic rings. The van der Waals surface area contributed by atoms with Gasteiger partial charge in [-0.3, -0.25) is 9.89 Å². The summed E-state index contributed by atoms with van der Waals surface area (Å²) in [6.07, 6.45) is 2.29. The third-order valence-electron chi connectivity index (χ3n) is 5.72. The molecule has 2 aliphatic heterocycles. The Balaban J connectivity index is 1.53. The van der Waals surface area contributed by atoms with Gasteiger partial charge in [0.25, 0.3) is 0 Å². The summed E-state index contributed by atoms with van der Waals surface area (Å²) in [5.41, 5.74) is 0.735. The number of amides is 2. The van der Waals surface area contributed by atoms with Gasteiger partial charge in [-0.15, -0.1) is 0 Å². The van der Waals surface area contributed by atoms with Crippen LogP contribution in [0.5, 0.6) is 0 Å². The molecule has 0 saturated carbocycles. The maximum Gasteiger partial charge on any atom is 0.410 e. The molecule has 0 aliphatic carbocycles. The first-order valence-corrected chi connectivity index (χ1v) is 10.2. The number of benzene rings is 1. The SMILES string of the molecule is CN1CN(c2ccc(-c3ncn[nH]3)cc2)C2(CCN(C(=O)OC(C)(C)C)CC2)C1=O. The highest BCUT2D eigenvalue weighted by Crippen LogP contribution is 2.39. The van der Waals surface area contributed by atoms with E-state index in [2.05, 4.69) is 20.1 Å². The number of nitrogens with zero attached hydrogens (tertiary/aromatic N) is 5. The Labute approximate surface area is 176 Å². The summed E-state index contributed by atoms with van der Waals surface area (Å²) in [6.45, 7) is 7.07. The van der Waals surface area contributed by atoms with E-state index >= 15 is 0 Å². The largest absolute Gasteiger partial charge is 0.444 e. The molecule has 160 valence electrons. The summed E-state index contributed by atoms with van der Waals surface area (Å²) in [5.74, 6) is 0.808. The molecule has 1 aromatic heterocycles. The molecule has 9 nitrogen and oxygen atoms in total. The molecule has 3 heterocycles. The van der Waals surface area contributed by atoms with E-state index in [-0.39, 0.29) is 12.0 Å². The lowest BCUT2D eigenvalue weighted by atomic mass is 9.85. The van der Waals surface area contributed by atoms with Crippen molar-refractivity contribution in [3.05, 3.63) is 30.6 Å². The molecule has 1 N–H and O–H groups in total. The zero-order valence-electron chi connectivity index (χ0n) is 17.9. The summed E-state index contributed by atoms with van der Waals surface area (Å²) in [5, 5.41) is 6.75. The molecule has 0 bridgehead atoms. The van der Waals surface area contributed by atoms with Crippen LogP contribution in [0.3, 0.4) is 0 Å². The number of nitrogens with one attached hydrogen (secondary N) is 1. The molecule has 0 unspecified atom stereocenters. The number of H-pyrrole nitrogens is 1. The minimum atomic E-state index is -0.638. The number of anilines is 1. The van der Waals surface area contributed by atoms with E-state index < -0.39 is 11.1 Å². The maximum absolute atomic E-state index is 13.2. The molecular formula is C21H28N6O3. The Kier molecular flexibility index (Phi) is 4.91. The molecule has 2 aliphatic rings. The number of ether oxygens (including phenoxy) is 1. The van der Waals surface area contributed by atoms with E-state index in [4.69, 9.17) is 4.74 Å². The Hall–Kier alpha value is -3.10. The van der Waals surface area contributed by atoms with Crippen LogP contribution < -0.4 is 4.90 Å². The van der Waals surface area contributed by atoms with Gasteiger partial charge in [0.15, 0.2) is 5.82 Å². The first kappa shape index (κ1) is 20.2. The Morgan fingerprint density at radius 2 is 1.83 bits per heavy atom. The van der Waals surface area contributed by atoms with E-state index in [1.165, 1.54) is 6.33 Å². The standard InChI is InChI=1S/C21H28N6O3/c1-20(2,3)30-19(29)26-11-9-21(10-12-26)18(28)25(4)14-27(21)16-7-5-15(6-8-16)17-22-13-23-24-17/h5-8,13H,9-12,14H2,1-4H3,(H,22,23,24). The Morgan fingerprint density at radius 3 is 2.40 bits per heavy atom. The Bertz CT molecular complexity index is 911. The van der Waals surface area contributed by atoms with Crippen LogP contribution in [-0.2, 0) is 9.53 Å². The average Bonchev–Trinajstić information content (AvgIpc) is 3.32. The minimum absolute atomic E-state index is 0.102. The fourth-order valence-electron chi connectivity index (χ4n) is 4.22. The quantitative estimate of drug-likeness (QED) is 0.814. The number of hydrogen-bond donors (Lipinski definition) is 1. The number of rotatable bonds is 2. The fraction of sp³-hybridized carbons (Fsp3) is 0.524. The molecule has 2 fully saturated rings. The topological polar surface area (TPSA) is 94.7 Å². The summed E-state index contributed by atoms with van der Waals surface area (Å²) < 4.78 is 5.50. The number of aromatic nitrogens is 3. The number of aromatic amines is 1. The van der Waals surface area contributed by atoms with Crippen LogP contribution in [0.2, 0.25) is 0 Å². The van der Waals surface area contributed by atoms with E-state index in [0.717, 1.165) is 11.3 Å².